The van der Waals surface area contributed by atoms with E-state index in [-0.39, 0.29) is 5.41 Å². The molecule has 2 rings (SSSR count). The number of nitrogens with two attached hydrogens (primary N) is 1. The first kappa shape index (κ1) is 14.2. The zero-order valence-electron chi connectivity index (χ0n) is 12.5. The maximum atomic E-state index is 5.95. The summed E-state index contributed by atoms with van der Waals surface area (Å²) in [4.78, 5) is 13.0. The molecule has 0 aromatic carbocycles. The summed E-state index contributed by atoms with van der Waals surface area (Å²) in [6.45, 7) is 10.2. The first-order chi connectivity index (χ1) is 9.27. The van der Waals surface area contributed by atoms with Crippen LogP contribution in [0.25, 0.3) is 0 Å². The summed E-state index contributed by atoms with van der Waals surface area (Å²) in [5.74, 6) is 2.99. The molecule has 20 heavy (non-hydrogen) atoms. The Balaban J connectivity index is 2.24. The second kappa shape index (κ2) is 5.07. The fourth-order valence-electron chi connectivity index (χ4n) is 1.61. The molecule has 0 amide bonds. The number of nitrogens with one attached hydrogen (secondary N) is 1. The predicted octanol–water partition coefficient (Wildman–Crippen LogP) is 1.97. The Hall–Kier alpha value is -2.18. The average Bonchev–Trinajstić information content (AvgIpc) is 2.75. The molecule has 108 valence electrons. The second-order valence-corrected chi connectivity index (χ2v) is 5.74. The van der Waals surface area contributed by atoms with Gasteiger partial charge in [-0.2, -0.15) is 4.98 Å². The van der Waals surface area contributed by atoms with Gasteiger partial charge >= 0.3 is 0 Å². The van der Waals surface area contributed by atoms with E-state index in [4.69, 9.17) is 10.3 Å². The highest BCUT2D eigenvalue weighted by Gasteiger charge is 2.20. The van der Waals surface area contributed by atoms with Gasteiger partial charge in [0.25, 0.3) is 0 Å². The minimum absolute atomic E-state index is 0.167. The molecule has 2 heterocycles. The molecule has 0 aliphatic carbocycles. The van der Waals surface area contributed by atoms with Crippen molar-refractivity contribution in [1.29, 1.82) is 0 Å². The summed E-state index contributed by atoms with van der Waals surface area (Å²) >= 11 is 0. The molecule has 0 aliphatic rings. The summed E-state index contributed by atoms with van der Waals surface area (Å²) in [7, 11) is 0. The Morgan fingerprint density at radius 1 is 1.15 bits per heavy atom. The molecule has 7 nitrogen and oxygen atoms in total. The number of hydrogen-bond donors (Lipinski definition) is 2. The van der Waals surface area contributed by atoms with Gasteiger partial charge in [-0.3, -0.25) is 0 Å². The molecule has 2 aromatic rings. The van der Waals surface area contributed by atoms with Crippen molar-refractivity contribution < 1.29 is 4.52 Å². The van der Waals surface area contributed by atoms with Crippen LogP contribution >= 0.6 is 0 Å². The van der Waals surface area contributed by atoms with Gasteiger partial charge in [0.2, 0.25) is 5.89 Å². The van der Waals surface area contributed by atoms with Crippen LogP contribution in [-0.4, -0.2) is 20.1 Å². The molecule has 0 atom stereocenters. The molecule has 7 heteroatoms. The van der Waals surface area contributed by atoms with Crippen molar-refractivity contribution in [3.05, 3.63) is 23.1 Å². The van der Waals surface area contributed by atoms with Crippen molar-refractivity contribution >= 4 is 11.6 Å². The second-order valence-electron chi connectivity index (χ2n) is 5.74. The molecule has 0 radical (unpaired) electrons. The van der Waals surface area contributed by atoms with E-state index in [1.807, 2.05) is 27.7 Å². The number of aromatic nitrogens is 4. The Morgan fingerprint density at radius 2 is 1.85 bits per heavy atom. The van der Waals surface area contributed by atoms with Gasteiger partial charge in [0.15, 0.2) is 5.82 Å². The van der Waals surface area contributed by atoms with Gasteiger partial charge in [0.05, 0.1) is 6.54 Å². The number of anilines is 2. The molecule has 0 unspecified atom stereocenters. The molecule has 2 aromatic heterocycles. The van der Waals surface area contributed by atoms with Crippen LogP contribution in [-0.2, 0) is 12.0 Å². The molecular weight excluding hydrogens is 256 g/mol. The highest BCUT2D eigenvalue weighted by atomic mass is 16.5. The fourth-order valence-corrected chi connectivity index (χ4v) is 1.61. The minimum atomic E-state index is -0.167. The quantitative estimate of drug-likeness (QED) is 0.883. The van der Waals surface area contributed by atoms with Gasteiger partial charge in [-0.05, 0) is 13.8 Å². The van der Waals surface area contributed by atoms with Crippen LogP contribution in [0.4, 0.5) is 11.6 Å². The smallest absolute Gasteiger partial charge is 0.245 e. The van der Waals surface area contributed by atoms with E-state index in [0.717, 1.165) is 5.56 Å². The molecule has 0 aliphatic heterocycles. The molecular formula is C13H20N6O. The highest BCUT2D eigenvalue weighted by molar-refractivity contribution is 5.55. The van der Waals surface area contributed by atoms with Crippen molar-refractivity contribution in [2.75, 3.05) is 11.1 Å². The van der Waals surface area contributed by atoms with Crippen LogP contribution in [0.15, 0.2) is 4.52 Å². The predicted molar refractivity (Wildman–Crippen MR) is 76.2 cm³/mol. The third kappa shape index (κ3) is 3.04. The topological polar surface area (TPSA) is 103 Å². The van der Waals surface area contributed by atoms with E-state index in [0.29, 0.717) is 35.7 Å². The first-order valence-corrected chi connectivity index (χ1v) is 6.45. The standard InChI is InChI=1S/C13H20N6O/c1-7-10(14)17-12(13(3,4)5)18-11(7)15-6-9-16-8(2)19-20-9/h6H2,1-5H3,(H3,14,15,17,18). The molecule has 0 saturated heterocycles. The lowest BCUT2D eigenvalue weighted by Gasteiger charge is -2.19. The third-order valence-corrected chi connectivity index (χ3v) is 2.83. The largest absolute Gasteiger partial charge is 0.383 e. The maximum absolute atomic E-state index is 5.95. The lowest BCUT2D eigenvalue weighted by molar-refractivity contribution is 0.379. The Morgan fingerprint density at radius 3 is 2.40 bits per heavy atom. The number of hydrogen-bond acceptors (Lipinski definition) is 7. The van der Waals surface area contributed by atoms with Crippen molar-refractivity contribution in [2.24, 2.45) is 0 Å². The van der Waals surface area contributed by atoms with Crippen LogP contribution in [0.1, 0.15) is 43.9 Å². The van der Waals surface area contributed by atoms with Gasteiger partial charge in [0.1, 0.15) is 17.5 Å². The van der Waals surface area contributed by atoms with Crippen LogP contribution in [0.3, 0.4) is 0 Å². The van der Waals surface area contributed by atoms with Crippen molar-refractivity contribution in [1.82, 2.24) is 20.1 Å². The van der Waals surface area contributed by atoms with E-state index in [2.05, 4.69) is 25.4 Å². The number of rotatable bonds is 3. The van der Waals surface area contributed by atoms with E-state index >= 15 is 0 Å². The SMILES string of the molecule is Cc1noc(CNc2nc(C(C)(C)C)nc(N)c2C)n1. The van der Waals surface area contributed by atoms with E-state index < -0.39 is 0 Å². The van der Waals surface area contributed by atoms with Crippen molar-refractivity contribution in [2.45, 2.75) is 46.6 Å². The van der Waals surface area contributed by atoms with Gasteiger partial charge in [-0.25, -0.2) is 9.97 Å². The van der Waals surface area contributed by atoms with E-state index in [1.165, 1.54) is 0 Å². The average molecular weight is 276 g/mol. The summed E-state index contributed by atoms with van der Waals surface area (Å²) < 4.78 is 5.06. The molecule has 0 bridgehead atoms. The summed E-state index contributed by atoms with van der Waals surface area (Å²) in [5.41, 5.74) is 6.60. The van der Waals surface area contributed by atoms with Gasteiger partial charge in [-0.1, -0.05) is 25.9 Å². The third-order valence-electron chi connectivity index (χ3n) is 2.83. The van der Waals surface area contributed by atoms with Crippen LogP contribution in [0, 0.1) is 13.8 Å². The summed E-state index contributed by atoms with van der Waals surface area (Å²) in [6.07, 6.45) is 0. The van der Waals surface area contributed by atoms with Crippen LogP contribution < -0.4 is 11.1 Å². The number of nitrogens with zero attached hydrogens (tertiary/aromatic N) is 4. The van der Waals surface area contributed by atoms with E-state index in [1.54, 1.807) is 6.92 Å². The summed E-state index contributed by atoms with van der Waals surface area (Å²) in [6, 6.07) is 0. The number of aryl methyl sites for hydroxylation is 1. The molecule has 0 fully saturated rings. The van der Waals surface area contributed by atoms with Crippen LogP contribution in [0.5, 0.6) is 0 Å². The molecule has 0 saturated carbocycles. The van der Waals surface area contributed by atoms with Crippen molar-refractivity contribution in [3.8, 4) is 0 Å². The lowest BCUT2D eigenvalue weighted by atomic mass is 9.95. The fraction of sp³-hybridized carbons (Fsp3) is 0.538. The van der Waals surface area contributed by atoms with Crippen LogP contribution in [0.2, 0.25) is 0 Å². The molecule has 3 N–H and O–H groups in total. The zero-order valence-corrected chi connectivity index (χ0v) is 12.5. The Kier molecular flexibility index (Phi) is 3.61. The number of nitrogen functional groups attached to an aromatic ring is 1. The molecule has 0 spiro atoms. The lowest BCUT2D eigenvalue weighted by Crippen LogP contribution is -2.19. The zero-order chi connectivity index (χ0) is 14.9. The van der Waals surface area contributed by atoms with E-state index in [9.17, 15) is 0 Å². The monoisotopic (exact) mass is 276 g/mol. The Bertz CT molecular complexity index is 614. The minimum Gasteiger partial charge on any atom is -0.383 e. The van der Waals surface area contributed by atoms with Gasteiger partial charge in [-0.15, -0.1) is 0 Å². The summed E-state index contributed by atoms with van der Waals surface area (Å²) in [5, 5.41) is 6.91. The first-order valence-electron chi connectivity index (χ1n) is 6.45. The van der Waals surface area contributed by atoms with Gasteiger partial charge in [0, 0.05) is 11.0 Å². The van der Waals surface area contributed by atoms with Gasteiger partial charge < -0.3 is 15.6 Å². The highest BCUT2D eigenvalue weighted by Crippen LogP contribution is 2.24. The Labute approximate surface area is 118 Å². The van der Waals surface area contributed by atoms with Crippen molar-refractivity contribution in [3.63, 3.8) is 0 Å². The normalized spacial score (nSPS) is 11.7. The maximum Gasteiger partial charge on any atom is 0.245 e.